The maximum atomic E-state index is 5.63. The molecule has 0 saturated heterocycles. The van der Waals surface area contributed by atoms with Crippen molar-refractivity contribution >= 4 is 0 Å². The Labute approximate surface area is 157 Å². The summed E-state index contributed by atoms with van der Waals surface area (Å²) in [6, 6.07) is 1.07. The molecule has 0 spiro atoms. The molecule has 0 heterocycles. The van der Waals surface area contributed by atoms with Crippen molar-refractivity contribution in [3.63, 3.8) is 0 Å². The second kappa shape index (κ2) is 22.1. The molecule has 0 aromatic rings. The minimum Gasteiger partial charge on any atom is -1.00 e. The Balaban J connectivity index is -0.0000000544. The molecule has 7 heteroatoms. The largest absolute Gasteiger partial charge is 4.00 e. The van der Waals surface area contributed by atoms with E-state index in [4.69, 9.17) is 11.5 Å². The topological polar surface area (TPSA) is 52.0 Å². The van der Waals surface area contributed by atoms with Crippen molar-refractivity contribution in [2.24, 2.45) is 11.5 Å². The van der Waals surface area contributed by atoms with E-state index >= 15 is 0 Å². The van der Waals surface area contributed by atoms with E-state index in [9.17, 15) is 0 Å². The molecule has 19 heavy (non-hydrogen) atoms. The van der Waals surface area contributed by atoms with Crippen LogP contribution < -0.4 is 61.1 Å². The molecule has 0 aliphatic heterocycles. The third-order valence-corrected chi connectivity index (χ3v) is 3.30. The first kappa shape index (κ1) is 32.6. The van der Waals surface area contributed by atoms with E-state index < -0.39 is 0 Å². The minimum atomic E-state index is 0. The van der Waals surface area contributed by atoms with Crippen LogP contribution in [0.3, 0.4) is 0 Å². The van der Waals surface area contributed by atoms with Crippen molar-refractivity contribution in [2.75, 3.05) is 0 Å². The van der Waals surface area contributed by atoms with E-state index in [1.165, 1.54) is 64.2 Å². The van der Waals surface area contributed by atoms with Gasteiger partial charge in [-0.25, -0.2) is 0 Å². The Morgan fingerprint density at radius 3 is 0.789 bits per heavy atom. The van der Waals surface area contributed by atoms with Crippen LogP contribution in [0.15, 0.2) is 0 Å². The molecular formula is C12H26Cl4N2Pt. The molecule has 0 aromatic heterocycles. The Morgan fingerprint density at radius 1 is 0.474 bits per heavy atom. The number of nitrogens with two attached hydrogens (primary N) is 2. The van der Waals surface area contributed by atoms with Crippen molar-refractivity contribution in [1.82, 2.24) is 0 Å². The third kappa shape index (κ3) is 19.8. The summed E-state index contributed by atoms with van der Waals surface area (Å²) in [6.07, 6.45) is 13.3. The van der Waals surface area contributed by atoms with E-state index in [0.717, 1.165) is 0 Å². The zero-order chi connectivity index (χ0) is 10.2. The Bertz CT molecular complexity index is 128. The fourth-order valence-corrected chi connectivity index (χ4v) is 2.27. The molecule has 0 atom stereocenters. The van der Waals surface area contributed by atoms with Gasteiger partial charge in [-0.05, 0) is 25.7 Å². The van der Waals surface area contributed by atoms with Crippen molar-refractivity contribution in [3.8, 4) is 0 Å². The normalized spacial score (nSPS) is 18.6. The number of hydrogen-bond acceptors (Lipinski definition) is 2. The Kier molecular flexibility index (Phi) is 37.9. The molecule has 122 valence electrons. The van der Waals surface area contributed by atoms with E-state index in [1.807, 2.05) is 0 Å². The van der Waals surface area contributed by atoms with Crippen LogP contribution in [0.25, 0.3) is 0 Å². The van der Waals surface area contributed by atoms with Gasteiger partial charge in [-0.1, -0.05) is 38.5 Å². The summed E-state index contributed by atoms with van der Waals surface area (Å²) in [7, 11) is 0. The molecule has 2 fully saturated rings. The SMILES string of the molecule is NC1CCCCC1.NC1CCCCC1.[Cl-].[Cl-].[Cl-].[Cl-].[Pt+4]. The van der Waals surface area contributed by atoms with Gasteiger partial charge in [-0.2, -0.15) is 0 Å². The smallest absolute Gasteiger partial charge is 1.00 e. The van der Waals surface area contributed by atoms with Crippen LogP contribution >= 0.6 is 0 Å². The average molecular weight is 535 g/mol. The van der Waals surface area contributed by atoms with Gasteiger partial charge < -0.3 is 61.1 Å². The van der Waals surface area contributed by atoms with Crippen molar-refractivity contribution < 1.29 is 70.7 Å². The second-order valence-corrected chi connectivity index (χ2v) is 4.80. The molecule has 2 aliphatic rings. The maximum absolute atomic E-state index is 5.63. The van der Waals surface area contributed by atoms with Crippen LogP contribution in [0.5, 0.6) is 0 Å². The Hall–Kier alpha value is 1.77. The van der Waals surface area contributed by atoms with Gasteiger partial charge in [0.1, 0.15) is 0 Å². The predicted octanol–water partition coefficient (Wildman–Crippen LogP) is -9.43. The van der Waals surface area contributed by atoms with Gasteiger partial charge in [0.05, 0.1) is 0 Å². The molecule has 2 saturated carbocycles. The van der Waals surface area contributed by atoms with E-state index in [1.54, 1.807) is 0 Å². The zero-order valence-corrected chi connectivity index (χ0v) is 16.5. The first-order valence-electron chi connectivity index (χ1n) is 6.30. The van der Waals surface area contributed by atoms with Crippen LogP contribution in [-0.4, -0.2) is 12.1 Å². The van der Waals surface area contributed by atoms with Crippen LogP contribution in [0, 0.1) is 0 Å². The van der Waals surface area contributed by atoms with Gasteiger partial charge in [-0.15, -0.1) is 0 Å². The first-order valence-corrected chi connectivity index (χ1v) is 6.30. The fraction of sp³-hybridized carbons (Fsp3) is 1.00. The summed E-state index contributed by atoms with van der Waals surface area (Å²) in [5, 5.41) is 0. The summed E-state index contributed by atoms with van der Waals surface area (Å²) < 4.78 is 0. The summed E-state index contributed by atoms with van der Waals surface area (Å²) >= 11 is 0. The molecule has 0 unspecified atom stereocenters. The molecule has 2 rings (SSSR count). The van der Waals surface area contributed by atoms with Crippen molar-refractivity contribution in [3.05, 3.63) is 0 Å². The summed E-state index contributed by atoms with van der Waals surface area (Å²) in [6.45, 7) is 0. The first-order chi connectivity index (χ1) is 6.79. The average Bonchev–Trinajstić information content (AvgIpc) is 2.21. The molecular weight excluding hydrogens is 509 g/mol. The molecule has 2 nitrogen and oxygen atoms in total. The molecule has 2 aliphatic carbocycles. The molecule has 0 amide bonds. The van der Waals surface area contributed by atoms with Gasteiger partial charge in [0.2, 0.25) is 0 Å². The van der Waals surface area contributed by atoms with Crippen LogP contribution in [0.1, 0.15) is 64.2 Å². The predicted molar refractivity (Wildman–Crippen MR) is 62.1 cm³/mol. The molecule has 0 aromatic carbocycles. The molecule has 4 N–H and O–H groups in total. The number of rotatable bonds is 0. The molecule has 0 bridgehead atoms. The van der Waals surface area contributed by atoms with Crippen LogP contribution in [0.2, 0.25) is 0 Å². The monoisotopic (exact) mass is 533 g/mol. The maximum Gasteiger partial charge on any atom is 4.00 e. The molecule has 0 radical (unpaired) electrons. The van der Waals surface area contributed by atoms with E-state index in [0.29, 0.717) is 12.1 Å². The summed E-state index contributed by atoms with van der Waals surface area (Å²) in [4.78, 5) is 0. The summed E-state index contributed by atoms with van der Waals surface area (Å²) in [5.74, 6) is 0. The van der Waals surface area contributed by atoms with Crippen molar-refractivity contribution in [1.29, 1.82) is 0 Å². The summed E-state index contributed by atoms with van der Waals surface area (Å²) in [5.41, 5.74) is 11.3. The van der Waals surface area contributed by atoms with Gasteiger partial charge in [0.15, 0.2) is 0 Å². The second-order valence-electron chi connectivity index (χ2n) is 4.80. The Morgan fingerprint density at radius 2 is 0.684 bits per heavy atom. The standard InChI is InChI=1S/2C6H13N.4ClH.Pt/c2*7-6-4-2-1-3-5-6;;;;;/h2*6H,1-5,7H2;4*1H;/q;;;;;;+4/p-4. The van der Waals surface area contributed by atoms with Gasteiger partial charge >= 0.3 is 21.1 Å². The number of hydrogen-bond donors (Lipinski definition) is 2. The minimum absolute atomic E-state index is 0. The quantitative estimate of drug-likeness (QED) is 0.324. The number of halogens is 4. The fourth-order valence-electron chi connectivity index (χ4n) is 2.27. The van der Waals surface area contributed by atoms with Gasteiger partial charge in [0, 0.05) is 12.1 Å². The third-order valence-electron chi connectivity index (χ3n) is 3.30. The van der Waals surface area contributed by atoms with Gasteiger partial charge in [0.25, 0.3) is 0 Å². The van der Waals surface area contributed by atoms with Crippen LogP contribution in [0.4, 0.5) is 0 Å². The van der Waals surface area contributed by atoms with Crippen LogP contribution in [-0.2, 0) is 21.1 Å². The van der Waals surface area contributed by atoms with E-state index in [2.05, 4.69) is 0 Å². The van der Waals surface area contributed by atoms with E-state index in [-0.39, 0.29) is 70.7 Å². The van der Waals surface area contributed by atoms with Gasteiger partial charge in [-0.3, -0.25) is 0 Å². The zero-order valence-electron chi connectivity index (χ0n) is 11.2. The van der Waals surface area contributed by atoms with Crippen molar-refractivity contribution in [2.45, 2.75) is 76.3 Å².